The van der Waals surface area contributed by atoms with Gasteiger partial charge in [-0.25, -0.2) is 0 Å². The maximum absolute atomic E-state index is 5.90. The van der Waals surface area contributed by atoms with Crippen molar-refractivity contribution in [2.45, 2.75) is 64.2 Å². The zero-order valence-corrected chi connectivity index (χ0v) is 13.6. The highest BCUT2D eigenvalue weighted by Gasteiger charge is 2.41. The van der Waals surface area contributed by atoms with Gasteiger partial charge < -0.3 is 15.4 Å². The third-order valence-corrected chi connectivity index (χ3v) is 4.58. The normalized spacial score (nSPS) is 27.4. The van der Waals surface area contributed by atoms with Gasteiger partial charge in [0.05, 0.1) is 24.4 Å². The van der Waals surface area contributed by atoms with Crippen molar-refractivity contribution in [3.05, 3.63) is 17.5 Å². The van der Waals surface area contributed by atoms with Crippen LogP contribution in [0.5, 0.6) is 0 Å². The van der Waals surface area contributed by atoms with E-state index in [-0.39, 0.29) is 0 Å². The quantitative estimate of drug-likeness (QED) is 0.423. The molecule has 6 heteroatoms. The Labute approximate surface area is 132 Å². The molecular formula is C16H27N5O. The molecule has 3 rings (SSSR count). The third-order valence-electron chi connectivity index (χ3n) is 4.58. The summed E-state index contributed by atoms with van der Waals surface area (Å²) in [6.45, 7) is 5.87. The van der Waals surface area contributed by atoms with Crippen molar-refractivity contribution >= 4 is 5.96 Å². The first kappa shape index (κ1) is 15.3. The fraction of sp³-hybridized carbons (Fsp3) is 0.750. The molecule has 3 atom stereocenters. The van der Waals surface area contributed by atoms with Gasteiger partial charge in [0.25, 0.3) is 0 Å². The van der Waals surface area contributed by atoms with Gasteiger partial charge in [-0.2, -0.15) is 5.10 Å². The molecule has 0 radical (unpaired) electrons. The SMILES string of the molecule is CCNC(=NCCCc1cn[nH]c1C)NC1CC2CCC1O2. The molecule has 2 aliphatic heterocycles. The summed E-state index contributed by atoms with van der Waals surface area (Å²) in [5, 5.41) is 13.9. The summed E-state index contributed by atoms with van der Waals surface area (Å²) < 4.78 is 5.90. The van der Waals surface area contributed by atoms with Crippen LogP contribution < -0.4 is 10.6 Å². The van der Waals surface area contributed by atoms with E-state index in [0.717, 1.165) is 44.0 Å². The Morgan fingerprint density at radius 1 is 1.50 bits per heavy atom. The molecule has 0 aromatic carbocycles. The van der Waals surface area contributed by atoms with Crippen LogP contribution in [0, 0.1) is 6.92 Å². The molecule has 3 unspecified atom stereocenters. The zero-order chi connectivity index (χ0) is 15.4. The smallest absolute Gasteiger partial charge is 0.191 e. The van der Waals surface area contributed by atoms with Crippen molar-refractivity contribution < 1.29 is 4.74 Å². The summed E-state index contributed by atoms with van der Waals surface area (Å²) in [6.07, 6.45) is 8.32. The van der Waals surface area contributed by atoms with Gasteiger partial charge in [0.2, 0.25) is 0 Å². The molecule has 0 aliphatic carbocycles. The minimum absolute atomic E-state index is 0.377. The average molecular weight is 305 g/mol. The standard InChI is InChI=1S/C16H27N5O/c1-3-17-16(20-14-9-13-6-7-15(14)22-13)18-8-4-5-12-10-19-21-11(12)2/h10,13-15H,3-9H2,1-2H3,(H,19,21)(H2,17,18,20). The van der Waals surface area contributed by atoms with Gasteiger partial charge in [-0.1, -0.05) is 0 Å². The van der Waals surface area contributed by atoms with Crippen LogP contribution in [0.15, 0.2) is 11.2 Å². The van der Waals surface area contributed by atoms with Crippen molar-refractivity contribution in [3.63, 3.8) is 0 Å². The van der Waals surface area contributed by atoms with Gasteiger partial charge in [-0.3, -0.25) is 10.1 Å². The molecule has 6 nitrogen and oxygen atoms in total. The summed E-state index contributed by atoms with van der Waals surface area (Å²) in [4.78, 5) is 4.70. The van der Waals surface area contributed by atoms with E-state index in [1.807, 2.05) is 6.20 Å². The Bertz CT molecular complexity index is 512. The Morgan fingerprint density at radius 3 is 3.05 bits per heavy atom. The molecule has 3 N–H and O–H groups in total. The van der Waals surface area contributed by atoms with E-state index >= 15 is 0 Å². The fourth-order valence-electron chi connectivity index (χ4n) is 3.37. The first-order valence-corrected chi connectivity index (χ1v) is 8.45. The second-order valence-electron chi connectivity index (χ2n) is 6.24. The number of fused-ring (bicyclic) bond motifs is 2. The van der Waals surface area contributed by atoms with Crippen LogP contribution in [0.1, 0.15) is 43.9 Å². The van der Waals surface area contributed by atoms with Crippen LogP contribution in [0.4, 0.5) is 0 Å². The predicted octanol–water partition coefficient (Wildman–Crippen LogP) is 1.53. The number of hydrogen-bond donors (Lipinski definition) is 3. The molecule has 2 aliphatic rings. The van der Waals surface area contributed by atoms with Crippen LogP contribution in [0.3, 0.4) is 0 Å². The van der Waals surface area contributed by atoms with E-state index in [4.69, 9.17) is 9.73 Å². The minimum atomic E-state index is 0.377. The number of nitrogens with one attached hydrogen (secondary N) is 3. The molecule has 3 heterocycles. The number of H-pyrrole nitrogens is 1. The van der Waals surface area contributed by atoms with Crippen molar-refractivity contribution in [2.24, 2.45) is 4.99 Å². The van der Waals surface area contributed by atoms with E-state index in [0.29, 0.717) is 18.2 Å². The molecule has 1 aromatic rings. The van der Waals surface area contributed by atoms with Crippen molar-refractivity contribution in [1.82, 2.24) is 20.8 Å². The van der Waals surface area contributed by atoms with Gasteiger partial charge in [0.15, 0.2) is 5.96 Å². The summed E-state index contributed by atoms with van der Waals surface area (Å²) in [5.74, 6) is 0.924. The van der Waals surface area contributed by atoms with E-state index in [1.165, 1.54) is 18.4 Å². The number of rotatable bonds is 6. The number of nitrogens with zero attached hydrogens (tertiary/aromatic N) is 2. The zero-order valence-electron chi connectivity index (χ0n) is 13.6. The Hall–Kier alpha value is -1.56. The van der Waals surface area contributed by atoms with Crippen LogP contribution >= 0.6 is 0 Å². The lowest BCUT2D eigenvalue weighted by Gasteiger charge is -2.22. The Balaban J connectivity index is 1.46. The molecule has 122 valence electrons. The van der Waals surface area contributed by atoms with Crippen molar-refractivity contribution in [3.8, 4) is 0 Å². The second-order valence-corrected chi connectivity index (χ2v) is 6.24. The van der Waals surface area contributed by atoms with Crippen molar-refractivity contribution in [1.29, 1.82) is 0 Å². The lowest BCUT2D eigenvalue weighted by atomic mass is 9.96. The average Bonchev–Trinajstić information content (AvgIpc) is 3.21. The maximum atomic E-state index is 5.90. The molecule has 2 fully saturated rings. The first-order valence-electron chi connectivity index (χ1n) is 8.45. The van der Waals surface area contributed by atoms with Crippen LogP contribution in [0.25, 0.3) is 0 Å². The maximum Gasteiger partial charge on any atom is 0.191 e. The molecule has 0 spiro atoms. The highest BCUT2D eigenvalue weighted by molar-refractivity contribution is 5.80. The van der Waals surface area contributed by atoms with Gasteiger partial charge in [-0.15, -0.1) is 0 Å². The number of aromatic amines is 1. The topological polar surface area (TPSA) is 74.3 Å². The van der Waals surface area contributed by atoms with Gasteiger partial charge in [0, 0.05) is 18.8 Å². The minimum Gasteiger partial charge on any atom is -0.373 e. The number of ether oxygens (including phenoxy) is 1. The van der Waals surface area contributed by atoms with E-state index in [1.54, 1.807) is 0 Å². The number of aliphatic imine (C=N–C) groups is 1. The second kappa shape index (κ2) is 7.13. The third kappa shape index (κ3) is 3.61. The molecule has 2 bridgehead atoms. The van der Waals surface area contributed by atoms with Gasteiger partial charge >= 0.3 is 0 Å². The van der Waals surface area contributed by atoms with Crippen LogP contribution in [0.2, 0.25) is 0 Å². The molecule has 0 amide bonds. The van der Waals surface area contributed by atoms with Gasteiger partial charge in [0.1, 0.15) is 0 Å². The first-order chi connectivity index (χ1) is 10.8. The lowest BCUT2D eigenvalue weighted by molar-refractivity contribution is 0.0992. The summed E-state index contributed by atoms with van der Waals surface area (Å²) in [5.41, 5.74) is 2.45. The molecular weight excluding hydrogens is 278 g/mol. The molecule has 22 heavy (non-hydrogen) atoms. The van der Waals surface area contributed by atoms with E-state index < -0.39 is 0 Å². The highest BCUT2D eigenvalue weighted by Crippen LogP contribution is 2.34. The largest absolute Gasteiger partial charge is 0.373 e. The summed E-state index contributed by atoms with van der Waals surface area (Å²) in [6, 6.07) is 0.424. The summed E-state index contributed by atoms with van der Waals surface area (Å²) in [7, 11) is 0. The van der Waals surface area contributed by atoms with Crippen LogP contribution in [-0.2, 0) is 11.2 Å². The van der Waals surface area contributed by atoms with Gasteiger partial charge in [-0.05, 0) is 51.5 Å². The molecule has 2 saturated heterocycles. The number of guanidine groups is 1. The number of aryl methyl sites for hydroxylation is 2. The monoisotopic (exact) mass is 305 g/mol. The van der Waals surface area contributed by atoms with Crippen molar-refractivity contribution in [2.75, 3.05) is 13.1 Å². The molecule has 1 aromatic heterocycles. The lowest BCUT2D eigenvalue weighted by Crippen LogP contribution is -2.47. The highest BCUT2D eigenvalue weighted by atomic mass is 16.5. The van der Waals surface area contributed by atoms with E-state index in [2.05, 4.69) is 34.7 Å². The fourth-order valence-corrected chi connectivity index (χ4v) is 3.37. The Morgan fingerprint density at radius 2 is 2.41 bits per heavy atom. The predicted molar refractivity (Wildman–Crippen MR) is 87.1 cm³/mol. The molecule has 0 saturated carbocycles. The number of hydrogen-bond acceptors (Lipinski definition) is 3. The Kier molecular flexibility index (Phi) is 4.97. The van der Waals surface area contributed by atoms with E-state index in [9.17, 15) is 0 Å². The van der Waals surface area contributed by atoms with Crippen LogP contribution in [-0.4, -0.2) is 47.5 Å². The number of aromatic nitrogens is 2. The summed E-state index contributed by atoms with van der Waals surface area (Å²) >= 11 is 0.